The molecule has 0 bridgehead atoms. The minimum Gasteiger partial charge on any atom is -0.466 e. The van der Waals surface area contributed by atoms with Crippen LogP contribution in [0.5, 0.6) is 0 Å². The molecular weight excluding hydrogens is 296 g/mol. The van der Waals surface area contributed by atoms with E-state index in [1.807, 2.05) is 48.9 Å². The number of hydrogen-bond donors (Lipinski definition) is 0. The van der Waals surface area contributed by atoms with Gasteiger partial charge in [-0.25, -0.2) is 9.41 Å². The van der Waals surface area contributed by atoms with Crippen molar-refractivity contribution in [3.8, 4) is 11.3 Å². The second-order valence-corrected chi connectivity index (χ2v) is 5.92. The Morgan fingerprint density at radius 1 is 1.08 bits per heavy atom. The third-order valence-electron chi connectivity index (χ3n) is 4.36. The normalized spacial score (nSPS) is 13.5. The highest BCUT2D eigenvalue weighted by molar-refractivity contribution is 6.12. The van der Waals surface area contributed by atoms with Gasteiger partial charge in [0.25, 0.3) is 0 Å². The van der Waals surface area contributed by atoms with Crippen LogP contribution in [0, 0.1) is 20.3 Å². The van der Waals surface area contributed by atoms with Crippen molar-refractivity contribution >= 4 is 27.6 Å². The number of rotatable bonds is 1. The largest absolute Gasteiger partial charge is 0.466 e. The molecule has 24 heavy (non-hydrogen) atoms. The highest BCUT2D eigenvalue weighted by atomic mass is 16.3. The van der Waals surface area contributed by atoms with Gasteiger partial charge in [0, 0.05) is 26.5 Å². The number of para-hydroxylation sites is 1. The quantitative estimate of drug-likeness (QED) is 0.347. The fraction of sp³-hybridized carbons (Fsp3) is 0.143. The third-order valence-corrected chi connectivity index (χ3v) is 4.36. The molecule has 2 heterocycles. The van der Waals surface area contributed by atoms with Gasteiger partial charge in [0.1, 0.15) is 18.2 Å². The van der Waals surface area contributed by atoms with Crippen molar-refractivity contribution < 1.29 is 13.1 Å². The summed E-state index contributed by atoms with van der Waals surface area (Å²) >= 11 is 0. The molecule has 0 saturated heterocycles. The zero-order valence-electron chi connectivity index (χ0n) is 16.4. The Labute approximate surface area is 144 Å². The zero-order chi connectivity index (χ0) is 19.3. The van der Waals surface area contributed by atoms with Crippen LogP contribution in [0.15, 0.2) is 53.1 Å². The predicted octanol–water partition coefficient (Wildman–Crippen LogP) is 5.25. The van der Waals surface area contributed by atoms with Gasteiger partial charge in [-0.3, -0.25) is 0 Å². The summed E-state index contributed by atoms with van der Waals surface area (Å²) in [6.07, 6.45) is 1.63. The molecule has 0 aliphatic carbocycles. The first-order valence-electron chi connectivity index (χ1n) is 9.14. The topological polar surface area (TPSA) is 21.4 Å². The van der Waals surface area contributed by atoms with Crippen molar-refractivity contribution in [2.24, 2.45) is 7.05 Å². The van der Waals surface area contributed by atoms with Crippen LogP contribution in [0.4, 0.5) is 5.69 Å². The molecule has 3 heteroatoms. The van der Waals surface area contributed by atoms with Crippen LogP contribution in [0.25, 0.3) is 38.0 Å². The van der Waals surface area contributed by atoms with E-state index in [2.05, 4.69) is 4.85 Å². The maximum Gasteiger partial charge on any atom is 0.229 e. The fourth-order valence-corrected chi connectivity index (χ4v) is 3.22. The van der Waals surface area contributed by atoms with Crippen LogP contribution in [0.1, 0.15) is 15.2 Å². The van der Waals surface area contributed by atoms with Crippen LogP contribution in [-0.4, -0.2) is 0 Å². The second-order valence-electron chi connectivity index (χ2n) is 5.92. The average Bonchev–Trinajstić information content (AvgIpc) is 3.00. The third kappa shape index (κ3) is 2.00. The lowest BCUT2D eigenvalue weighted by molar-refractivity contribution is -0.660. The predicted molar refractivity (Wildman–Crippen MR) is 96.1 cm³/mol. The Morgan fingerprint density at radius 3 is 2.67 bits per heavy atom. The maximum absolute atomic E-state index is 7.61. The molecule has 2 aromatic heterocycles. The maximum atomic E-state index is 7.61. The summed E-state index contributed by atoms with van der Waals surface area (Å²) in [6, 6.07) is 13.0. The van der Waals surface area contributed by atoms with Gasteiger partial charge in [-0.15, -0.1) is 0 Å². The number of aryl methyl sites for hydroxylation is 3. The number of aromatic nitrogens is 1. The van der Waals surface area contributed by atoms with E-state index in [1.165, 1.54) is 0 Å². The molecule has 4 aromatic rings. The standard InChI is InChI=1S/C21H17N2O/c1-13-8-11-18(23(4)12-13)19-14(2)9-10-16-15-6-5-7-17(22-3)20(15)24-21(16)19/h5-12H,1-2,4H3/q+1/i1D3. The van der Waals surface area contributed by atoms with E-state index in [4.69, 9.17) is 15.1 Å². The summed E-state index contributed by atoms with van der Waals surface area (Å²) in [5.74, 6) is 0. The molecule has 0 saturated carbocycles. The monoisotopic (exact) mass is 316 g/mol. The lowest BCUT2D eigenvalue weighted by atomic mass is 10.0. The van der Waals surface area contributed by atoms with Gasteiger partial charge in [0.2, 0.25) is 11.4 Å². The highest BCUT2D eigenvalue weighted by Crippen LogP contribution is 2.39. The van der Waals surface area contributed by atoms with Gasteiger partial charge < -0.3 is 4.42 Å². The summed E-state index contributed by atoms with van der Waals surface area (Å²) in [7, 11) is 1.83. The molecule has 0 aliphatic rings. The number of hydrogen-bond acceptors (Lipinski definition) is 1. The summed E-state index contributed by atoms with van der Waals surface area (Å²) in [4.78, 5) is 3.56. The number of fused-ring (bicyclic) bond motifs is 3. The second kappa shape index (κ2) is 5.21. The van der Waals surface area contributed by atoms with Crippen LogP contribution in [0.3, 0.4) is 0 Å². The van der Waals surface area contributed by atoms with Gasteiger partial charge in [-0.05, 0) is 25.4 Å². The minimum absolute atomic E-state index is 0.290. The molecular formula is C21H17N2O+. The smallest absolute Gasteiger partial charge is 0.229 e. The molecule has 116 valence electrons. The lowest BCUT2D eigenvalue weighted by Crippen LogP contribution is -2.31. The van der Waals surface area contributed by atoms with Crippen LogP contribution < -0.4 is 4.57 Å². The molecule has 0 radical (unpaired) electrons. The van der Waals surface area contributed by atoms with E-state index in [1.54, 1.807) is 18.3 Å². The van der Waals surface area contributed by atoms with E-state index in [9.17, 15) is 0 Å². The van der Waals surface area contributed by atoms with Gasteiger partial charge in [-0.1, -0.05) is 30.3 Å². The van der Waals surface area contributed by atoms with Crippen molar-refractivity contribution in [3.63, 3.8) is 0 Å². The minimum atomic E-state index is -2.15. The molecule has 0 aliphatic heterocycles. The van der Waals surface area contributed by atoms with E-state index < -0.39 is 6.85 Å². The molecule has 3 nitrogen and oxygen atoms in total. The van der Waals surface area contributed by atoms with E-state index in [0.29, 0.717) is 22.4 Å². The summed E-state index contributed by atoms with van der Waals surface area (Å²) < 4.78 is 30.8. The molecule has 0 unspecified atom stereocenters. The molecule has 0 amide bonds. The van der Waals surface area contributed by atoms with Gasteiger partial charge in [0.15, 0.2) is 6.20 Å². The van der Waals surface area contributed by atoms with Crippen LogP contribution in [0.2, 0.25) is 0 Å². The van der Waals surface area contributed by atoms with Crippen LogP contribution >= 0.6 is 0 Å². The van der Waals surface area contributed by atoms with Crippen molar-refractivity contribution in [1.29, 1.82) is 0 Å². The first-order valence-corrected chi connectivity index (χ1v) is 7.64. The Bertz CT molecular complexity index is 1250. The Kier molecular flexibility index (Phi) is 2.48. The van der Waals surface area contributed by atoms with Gasteiger partial charge >= 0.3 is 0 Å². The summed E-state index contributed by atoms with van der Waals surface area (Å²) in [5.41, 5.74) is 4.83. The Hall–Kier alpha value is -3.12. The van der Waals surface area contributed by atoms with Gasteiger partial charge in [0.05, 0.1) is 12.1 Å². The first kappa shape index (κ1) is 11.4. The lowest BCUT2D eigenvalue weighted by Gasteiger charge is -2.06. The summed E-state index contributed by atoms with van der Waals surface area (Å²) in [5, 5.41) is 1.84. The van der Waals surface area contributed by atoms with E-state index >= 15 is 0 Å². The molecule has 0 atom stereocenters. The first-order chi connectivity index (χ1) is 12.8. The average molecular weight is 316 g/mol. The number of furan rings is 1. The number of pyridine rings is 1. The Balaban J connectivity index is 2.05. The highest BCUT2D eigenvalue weighted by Gasteiger charge is 2.21. The van der Waals surface area contributed by atoms with E-state index in [-0.39, 0.29) is 0 Å². The van der Waals surface area contributed by atoms with Crippen molar-refractivity contribution in [2.45, 2.75) is 13.8 Å². The number of nitrogens with zero attached hydrogens (tertiary/aromatic N) is 2. The summed E-state index contributed by atoms with van der Waals surface area (Å²) in [6.45, 7) is 7.23. The van der Waals surface area contributed by atoms with Crippen molar-refractivity contribution in [2.75, 3.05) is 0 Å². The van der Waals surface area contributed by atoms with Crippen molar-refractivity contribution in [3.05, 3.63) is 71.2 Å². The van der Waals surface area contributed by atoms with Crippen molar-refractivity contribution in [1.82, 2.24) is 0 Å². The molecule has 4 rings (SSSR count). The molecule has 0 fully saturated rings. The SMILES string of the molecule is [2H]C([2H])([2H])c1ccc(-c2c(C)ccc3c2oc2c([N+]#[C-])cccc23)[n+](C)c1. The zero-order valence-corrected chi connectivity index (χ0v) is 13.4. The molecule has 0 spiro atoms. The number of benzene rings is 2. The molecule has 2 aromatic carbocycles. The van der Waals surface area contributed by atoms with Gasteiger partial charge in [-0.2, -0.15) is 0 Å². The Morgan fingerprint density at radius 2 is 1.92 bits per heavy atom. The fourth-order valence-electron chi connectivity index (χ4n) is 3.22. The molecule has 0 N–H and O–H groups in total. The van der Waals surface area contributed by atoms with Crippen LogP contribution in [-0.2, 0) is 7.05 Å². The van der Waals surface area contributed by atoms with E-state index in [0.717, 1.165) is 27.6 Å².